The van der Waals surface area contributed by atoms with E-state index in [0.717, 1.165) is 12.8 Å². The number of halogens is 2. The topological polar surface area (TPSA) is 58.3 Å². The number of benzene rings is 1. The van der Waals surface area contributed by atoms with E-state index in [1.807, 2.05) is 13.8 Å². The molecule has 0 aliphatic rings. The first-order chi connectivity index (χ1) is 7.98. The van der Waals surface area contributed by atoms with E-state index in [1.165, 1.54) is 0 Å². The minimum absolute atomic E-state index is 0.0414. The van der Waals surface area contributed by atoms with Crippen LogP contribution >= 0.6 is 23.2 Å². The van der Waals surface area contributed by atoms with Gasteiger partial charge in [0.05, 0.1) is 33.6 Å². The molecule has 4 N–H and O–H groups in total. The van der Waals surface area contributed by atoms with Gasteiger partial charge in [-0.25, -0.2) is 0 Å². The van der Waals surface area contributed by atoms with Gasteiger partial charge in [-0.15, -0.1) is 0 Å². The van der Waals surface area contributed by atoms with Gasteiger partial charge in [-0.3, -0.25) is 0 Å². The average Bonchev–Trinajstić information content (AvgIpc) is 2.33. The van der Waals surface area contributed by atoms with Gasteiger partial charge in [-0.1, -0.05) is 37.0 Å². The molecule has 0 saturated carbocycles. The Morgan fingerprint density at radius 3 is 2.24 bits per heavy atom. The normalized spacial score (nSPS) is 11.6. The van der Waals surface area contributed by atoms with Crippen LogP contribution in [0.4, 0.5) is 11.4 Å². The molecule has 0 spiro atoms. The Kier molecular flexibility index (Phi) is 4.92. The van der Waals surface area contributed by atoms with Crippen LogP contribution in [0.25, 0.3) is 0 Å². The molecule has 5 heteroatoms. The fourth-order valence-electron chi connectivity index (χ4n) is 1.65. The largest absolute Gasteiger partial charge is 0.397 e. The van der Waals surface area contributed by atoms with Crippen molar-refractivity contribution in [1.29, 1.82) is 0 Å². The number of hydrogen-bond donors (Lipinski definition) is 3. The van der Waals surface area contributed by atoms with Crippen LogP contribution in [0, 0.1) is 0 Å². The van der Waals surface area contributed by atoms with Crippen molar-refractivity contribution in [3.05, 3.63) is 22.2 Å². The van der Waals surface area contributed by atoms with Gasteiger partial charge < -0.3 is 16.2 Å². The van der Waals surface area contributed by atoms with Crippen LogP contribution in [0.2, 0.25) is 10.0 Å². The first-order valence-electron chi connectivity index (χ1n) is 5.61. The summed E-state index contributed by atoms with van der Waals surface area (Å²) < 4.78 is 0. The Bertz CT molecular complexity index is 384. The second-order valence-electron chi connectivity index (χ2n) is 4.12. The van der Waals surface area contributed by atoms with Gasteiger partial charge in [0.1, 0.15) is 0 Å². The molecule has 0 bridgehead atoms. The summed E-state index contributed by atoms with van der Waals surface area (Å²) in [5.41, 5.74) is 6.74. The monoisotopic (exact) mass is 276 g/mol. The van der Waals surface area contributed by atoms with Crippen molar-refractivity contribution in [2.75, 3.05) is 17.7 Å². The van der Waals surface area contributed by atoms with E-state index in [1.54, 1.807) is 12.1 Å². The van der Waals surface area contributed by atoms with Crippen LogP contribution < -0.4 is 11.1 Å². The highest BCUT2D eigenvalue weighted by Gasteiger charge is 2.25. The average molecular weight is 277 g/mol. The van der Waals surface area contributed by atoms with E-state index in [4.69, 9.17) is 28.9 Å². The lowest BCUT2D eigenvalue weighted by atomic mass is 9.93. The molecule has 17 heavy (non-hydrogen) atoms. The van der Waals surface area contributed by atoms with Gasteiger partial charge >= 0.3 is 0 Å². The Hall–Kier alpha value is -0.640. The minimum Gasteiger partial charge on any atom is -0.397 e. The molecule has 0 unspecified atom stereocenters. The third-order valence-electron chi connectivity index (χ3n) is 3.15. The maximum Gasteiger partial charge on any atom is 0.0661 e. The minimum atomic E-state index is -0.370. The predicted molar refractivity (Wildman–Crippen MR) is 74.9 cm³/mol. The number of aliphatic hydroxyl groups excluding tert-OH is 1. The molecular formula is C12H18Cl2N2O. The molecule has 0 atom stereocenters. The Morgan fingerprint density at radius 1 is 1.24 bits per heavy atom. The number of hydrogen-bond acceptors (Lipinski definition) is 3. The van der Waals surface area contributed by atoms with Crippen LogP contribution in [0.15, 0.2) is 12.1 Å². The fraction of sp³-hybridized carbons (Fsp3) is 0.500. The van der Waals surface area contributed by atoms with Crippen molar-refractivity contribution >= 4 is 34.6 Å². The zero-order valence-corrected chi connectivity index (χ0v) is 11.6. The van der Waals surface area contributed by atoms with Gasteiger partial charge in [0.25, 0.3) is 0 Å². The van der Waals surface area contributed by atoms with Crippen LogP contribution in [0.1, 0.15) is 26.7 Å². The van der Waals surface area contributed by atoms with Gasteiger partial charge in [0.2, 0.25) is 0 Å². The van der Waals surface area contributed by atoms with E-state index >= 15 is 0 Å². The maximum atomic E-state index is 9.49. The number of nitrogen functional groups attached to an aromatic ring is 1. The Balaban J connectivity index is 3.05. The molecule has 96 valence electrons. The molecule has 3 nitrogen and oxygen atoms in total. The molecule has 0 radical (unpaired) electrons. The summed E-state index contributed by atoms with van der Waals surface area (Å²) in [5, 5.41) is 13.6. The Labute approximate surface area is 112 Å². The molecule has 0 heterocycles. The Morgan fingerprint density at radius 2 is 1.76 bits per heavy atom. The molecule has 0 aliphatic carbocycles. The molecule has 1 aromatic rings. The number of aliphatic hydroxyl groups is 1. The summed E-state index contributed by atoms with van der Waals surface area (Å²) in [5.74, 6) is 0. The quantitative estimate of drug-likeness (QED) is 0.721. The highest BCUT2D eigenvalue weighted by atomic mass is 35.5. The van der Waals surface area contributed by atoms with Crippen molar-refractivity contribution in [2.45, 2.75) is 32.2 Å². The first kappa shape index (κ1) is 14.4. The second-order valence-corrected chi connectivity index (χ2v) is 4.94. The number of nitrogens with two attached hydrogens (primary N) is 1. The van der Waals surface area contributed by atoms with Gasteiger partial charge in [-0.05, 0) is 25.0 Å². The van der Waals surface area contributed by atoms with Crippen LogP contribution in [-0.2, 0) is 0 Å². The molecule has 0 saturated heterocycles. The maximum absolute atomic E-state index is 9.49. The molecular weight excluding hydrogens is 259 g/mol. The van der Waals surface area contributed by atoms with Crippen molar-refractivity contribution in [2.24, 2.45) is 0 Å². The highest BCUT2D eigenvalue weighted by molar-refractivity contribution is 6.42. The van der Waals surface area contributed by atoms with E-state index in [2.05, 4.69) is 5.32 Å². The lowest BCUT2D eigenvalue weighted by Gasteiger charge is -2.32. The lowest BCUT2D eigenvalue weighted by molar-refractivity contribution is 0.202. The molecule has 1 rings (SSSR count). The van der Waals surface area contributed by atoms with Crippen molar-refractivity contribution in [1.82, 2.24) is 0 Å². The van der Waals surface area contributed by atoms with E-state index in [-0.39, 0.29) is 12.1 Å². The molecule has 0 amide bonds. The zero-order chi connectivity index (χ0) is 13.1. The number of rotatable bonds is 5. The number of nitrogens with one attached hydrogen (secondary N) is 1. The summed E-state index contributed by atoms with van der Waals surface area (Å²) in [6.07, 6.45) is 1.58. The summed E-state index contributed by atoms with van der Waals surface area (Å²) in [6.45, 7) is 4.07. The molecule has 0 aromatic heterocycles. The third-order valence-corrected chi connectivity index (χ3v) is 3.87. The highest BCUT2D eigenvalue weighted by Crippen LogP contribution is 2.33. The van der Waals surface area contributed by atoms with Crippen LogP contribution in [-0.4, -0.2) is 17.3 Å². The van der Waals surface area contributed by atoms with Crippen molar-refractivity contribution < 1.29 is 5.11 Å². The number of anilines is 2. The smallest absolute Gasteiger partial charge is 0.0661 e. The zero-order valence-electron chi connectivity index (χ0n) is 10.1. The van der Waals surface area contributed by atoms with Crippen molar-refractivity contribution in [3.8, 4) is 0 Å². The molecule has 0 fully saturated rings. The predicted octanol–water partition coefficient (Wildman–Crippen LogP) is 3.54. The third kappa shape index (κ3) is 3.18. The van der Waals surface area contributed by atoms with Gasteiger partial charge in [0, 0.05) is 0 Å². The van der Waals surface area contributed by atoms with Gasteiger partial charge in [0.15, 0.2) is 0 Å². The lowest BCUT2D eigenvalue weighted by Crippen LogP contribution is -2.41. The standard InChI is InChI=1S/C12H18Cl2N2O/c1-3-12(4-2,7-17)16-11-6-9(14)8(13)5-10(11)15/h5-6,16-17H,3-4,7,15H2,1-2H3. The SMILES string of the molecule is CCC(CC)(CO)Nc1cc(Cl)c(Cl)cc1N. The molecule has 0 aliphatic heterocycles. The first-order valence-corrected chi connectivity index (χ1v) is 6.37. The van der Waals surface area contributed by atoms with E-state index < -0.39 is 0 Å². The molecule has 1 aromatic carbocycles. The van der Waals surface area contributed by atoms with Crippen molar-refractivity contribution in [3.63, 3.8) is 0 Å². The second kappa shape index (κ2) is 5.80. The summed E-state index contributed by atoms with van der Waals surface area (Å²) in [7, 11) is 0. The summed E-state index contributed by atoms with van der Waals surface area (Å²) in [6, 6.07) is 3.30. The van der Waals surface area contributed by atoms with Gasteiger partial charge in [-0.2, -0.15) is 0 Å². The summed E-state index contributed by atoms with van der Waals surface area (Å²) in [4.78, 5) is 0. The van der Waals surface area contributed by atoms with E-state index in [0.29, 0.717) is 21.4 Å². The van der Waals surface area contributed by atoms with Crippen LogP contribution in [0.3, 0.4) is 0 Å². The summed E-state index contributed by atoms with van der Waals surface area (Å²) >= 11 is 11.8. The fourth-order valence-corrected chi connectivity index (χ4v) is 1.98. The van der Waals surface area contributed by atoms with E-state index in [9.17, 15) is 5.11 Å². The van der Waals surface area contributed by atoms with Crippen LogP contribution in [0.5, 0.6) is 0 Å².